The van der Waals surface area contributed by atoms with Crippen LogP contribution in [0.3, 0.4) is 0 Å². The zero-order chi connectivity index (χ0) is 27.0. The number of aryl methyl sites for hydroxylation is 1. The number of rotatable bonds is 6. The molecule has 0 unspecified atom stereocenters. The average molecular weight is 560 g/mol. The number of hydrogen-bond acceptors (Lipinski definition) is 9. The molecule has 38 heavy (non-hydrogen) atoms. The van der Waals surface area contributed by atoms with Crippen LogP contribution in [-0.4, -0.2) is 70.4 Å². The maximum Gasteiger partial charge on any atom is 0.263 e. The maximum absolute atomic E-state index is 13.8. The van der Waals surface area contributed by atoms with E-state index in [1.807, 2.05) is 4.90 Å². The summed E-state index contributed by atoms with van der Waals surface area (Å²) in [5.74, 6) is 1.17. The van der Waals surface area contributed by atoms with Crippen molar-refractivity contribution < 1.29 is 13.2 Å². The monoisotopic (exact) mass is 559 g/mol. The van der Waals surface area contributed by atoms with E-state index in [0.717, 1.165) is 19.3 Å². The molecule has 3 aromatic rings. The molecular formula is C25H33N7O4S2. The molecule has 0 bridgehead atoms. The molecule has 0 spiro atoms. The molecule has 11 nitrogen and oxygen atoms in total. The van der Waals surface area contributed by atoms with Gasteiger partial charge in [-0.1, -0.05) is 26.7 Å². The fraction of sp³-hybridized carbons (Fsp3) is 0.560. The molecule has 1 saturated heterocycles. The third-order valence-electron chi connectivity index (χ3n) is 7.84. The molecule has 1 saturated carbocycles. The van der Waals surface area contributed by atoms with Crippen molar-refractivity contribution in [2.24, 2.45) is 11.8 Å². The summed E-state index contributed by atoms with van der Waals surface area (Å²) < 4.78 is 30.2. The van der Waals surface area contributed by atoms with E-state index >= 15 is 0 Å². The molecular weight excluding hydrogens is 526 g/mol. The lowest BCUT2D eigenvalue weighted by molar-refractivity contribution is -0.123. The predicted octanol–water partition coefficient (Wildman–Crippen LogP) is 2.01. The van der Waals surface area contributed by atoms with E-state index in [1.54, 1.807) is 25.4 Å². The van der Waals surface area contributed by atoms with E-state index in [0.29, 0.717) is 40.6 Å². The molecule has 0 radical (unpaired) electrons. The Balaban J connectivity index is 1.37. The lowest BCUT2D eigenvalue weighted by Crippen LogP contribution is -2.49. The van der Waals surface area contributed by atoms with Gasteiger partial charge in [-0.3, -0.25) is 14.2 Å². The third-order valence-corrected chi connectivity index (χ3v) is 11.1. The summed E-state index contributed by atoms with van der Waals surface area (Å²) in [5.41, 5.74) is -0.519. The Bertz CT molecular complexity index is 1480. The van der Waals surface area contributed by atoms with Crippen LogP contribution in [-0.2, 0) is 21.4 Å². The maximum atomic E-state index is 13.8. The Labute approximate surface area is 226 Å². The second-order valence-electron chi connectivity index (χ2n) is 10.2. The highest BCUT2D eigenvalue weighted by atomic mass is 32.2. The van der Waals surface area contributed by atoms with E-state index in [2.05, 4.69) is 34.1 Å². The smallest absolute Gasteiger partial charge is 0.263 e. The molecule has 4 heterocycles. The van der Waals surface area contributed by atoms with Crippen LogP contribution in [0.2, 0.25) is 0 Å². The van der Waals surface area contributed by atoms with Gasteiger partial charge in [0.25, 0.3) is 5.56 Å². The highest BCUT2D eigenvalue weighted by Gasteiger charge is 2.34. The zero-order valence-electron chi connectivity index (χ0n) is 21.8. The van der Waals surface area contributed by atoms with Crippen LogP contribution in [0.5, 0.6) is 0 Å². The van der Waals surface area contributed by atoms with Crippen LogP contribution in [0, 0.1) is 18.8 Å². The van der Waals surface area contributed by atoms with Gasteiger partial charge in [-0.2, -0.15) is 4.31 Å². The zero-order valence-corrected chi connectivity index (χ0v) is 23.5. The molecule has 1 N–H and O–H groups in total. The van der Waals surface area contributed by atoms with Gasteiger partial charge in [0.05, 0.1) is 11.7 Å². The average Bonchev–Trinajstić information content (AvgIpc) is 3.26. The molecule has 13 heteroatoms. The minimum absolute atomic E-state index is 0.0103. The van der Waals surface area contributed by atoms with Crippen molar-refractivity contribution in [3.63, 3.8) is 0 Å². The normalized spacial score (nSPS) is 23.0. The summed E-state index contributed by atoms with van der Waals surface area (Å²) in [6.07, 6.45) is 7.77. The Hall–Kier alpha value is -2.90. The van der Waals surface area contributed by atoms with Gasteiger partial charge in [0.1, 0.15) is 16.3 Å². The highest BCUT2D eigenvalue weighted by molar-refractivity contribution is 7.89. The number of nitrogens with zero attached hydrogens (tertiary/aromatic N) is 6. The second kappa shape index (κ2) is 10.7. The first kappa shape index (κ1) is 26.7. The number of aromatic nitrogens is 4. The van der Waals surface area contributed by atoms with Gasteiger partial charge in [-0.05, 0) is 31.2 Å². The fourth-order valence-corrected chi connectivity index (χ4v) is 8.53. The molecule has 1 amide bonds. The number of fused-ring (bicyclic) bond motifs is 1. The van der Waals surface area contributed by atoms with Crippen LogP contribution in [0.4, 0.5) is 5.95 Å². The fourth-order valence-electron chi connectivity index (χ4n) is 5.44. The minimum Gasteiger partial charge on any atom is -0.352 e. The summed E-state index contributed by atoms with van der Waals surface area (Å²) in [6.45, 7) is 7.18. The molecule has 1 aliphatic carbocycles. The Morgan fingerprint density at radius 2 is 1.82 bits per heavy atom. The van der Waals surface area contributed by atoms with E-state index in [-0.39, 0.29) is 41.9 Å². The van der Waals surface area contributed by atoms with Crippen LogP contribution >= 0.6 is 11.3 Å². The molecule has 2 fully saturated rings. The standard InChI is InChI=1S/C25H33N7O4S2/c1-16-6-4-7-19(17(16)2)29-20(33)14-31-15-28-23-21(24(31)34)22(18(3)37-23)38(35,36)32-12-10-30(11-13-32)25-26-8-5-9-27-25/h5,8-9,15-17,19H,4,6-7,10-14H2,1-3H3,(H,29,33)/t16-,17+,19-/m1/s1. The van der Waals surface area contributed by atoms with Gasteiger partial charge >= 0.3 is 0 Å². The summed E-state index contributed by atoms with van der Waals surface area (Å²) in [4.78, 5) is 42.0. The lowest BCUT2D eigenvalue weighted by atomic mass is 9.78. The summed E-state index contributed by atoms with van der Waals surface area (Å²) in [5, 5.41) is 3.13. The van der Waals surface area contributed by atoms with E-state index in [4.69, 9.17) is 0 Å². The summed E-state index contributed by atoms with van der Waals surface area (Å²) >= 11 is 1.18. The van der Waals surface area contributed by atoms with E-state index < -0.39 is 15.6 Å². The van der Waals surface area contributed by atoms with Gasteiger partial charge in [0.15, 0.2) is 0 Å². The molecule has 3 aromatic heterocycles. The third kappa shape index (κ3) is 5.06. The number of nitrogens with one attached hydrogen (secondary N) is 1. The number of amides is 1. The number of sulfonamides is 1. The molecule has 2 aliphatic rings. The SMILES string of the molecule is Cc1sc2ncn(CC(=O)N[C@@H]3CCC[C@@H](C)[C@@H]3C)c(=O)c2c1S(=O)(=O)N1CCN(c2ncccn2)CC1. The van der Waals surface area contributed by atoms with Crippen molar-refractivity contribution in [3.05, 3.63) is 40.0 Å². The van der Waals surface area contributed by atoms with E-state index in [1.165, 1.54) is 26.5 Å². The van der Waals surface area contributed by atoms with Gasteiger partial charge in [0, 0.05) is 49.5 Å². The van der Waals surface area contributed by atoms with Crippen molar-refractivity contribution >= 4 is 43.4 Å². The van der Waals surface area contributed by atoms with Crippen molar-refractivity contribution in [1.29, 1.82) is 0 Å². The Morgan fingerprint density at radius 3 is 2.53 bits per heavy atom. The van der Waals surface area contributed by atoms with Gasteiger partial charge in [-0.15, -0.1) is 11.3 Å². The van der Waals surface area contributed by atoms with E-state index in [9.17, 15) is 18.0 Å². The first-order valence-corrected chi connectivity index (χ1v) is 15.2. The topological polar surface area (TPSA) is 130 Å². The quantitative estimate of drug-likeness (QED) is 0.485. The Morgan fingerprint density at radius 1 is 1.11 bits per heavy atom. The first-order valence-electron chi connectivity index (χ1n) is 13.0. The molecule has 1 aliphatic heterocycles. The van der Waals surface area contributed by atoms with Crippen molar-refractivity contribution in [1.82, 2.24) is 29.1 Å². The van der Waals surface area contributed by atoms with Crippen LogP contribution in [0.25, 0.3) is 10.2 Å². The van der Waals surface area contributed by atoms with Gasteiger partial charge < -0.3 is 10.2 Å². The number of carbonyl (C=O) groups is 1. The number of carbonyl (C=O) groups excluding carboxylic acids is 1. The molecule has 5 rings (SSSR count). The minimum atomic E-state index is -3.96. The van der Waals surface area contributed by atoms with Crippen molar-refractivity contribution in [2.45, 2.75) is 57.5 Å². The van der Waals surface area contributed by atoms with Crippen molar-refractivity contribution in [2.75, 3.05) is 31.1 Å². The molecule has 0 aromatic carbocycles. The van der Waals surface area contributed by atoms with Crippen LogP contribution in [0.1, 0.15) is 38.0 Å². The number of anilines is 1. The summed E-state index contributed by atoms with van der Waals surface area (Å²) in [7, 11) is -3.96. The molecule has 3 atom stereocenters. The second-order valence-corrected chi connectivity index (χ2v) is 13.3. The number of thiophene rings is 1. The lowest BCUT2D eigenvalue weighted by Gasteiger charge is -2.34. The van der Waals surface area contributed by atoms with Crippen LogP contribution < -0.4 is 15.8 Å². The van der Waals surface area contributed by atoms with Crippen molar-refractivity contribution in [3.8, 4) is 0 Å². The predicted molar refractivity (Wildman–Crippen MR) is 146 cm³/mol. The highest BCUT2D eigenvalue weighted by Crippen LogP contribution is 2.33. The largest absolute Gasteiger partial charge is 0.352 e. The Kier molecular flexibility index (Phi) is 7.51. The molecule has 204 valence electrons. The first-order chi connectivity index (χ1) is 18.2. The number of piperazine rings is 1. The number of hydrogen-bond donors (Lipinski definition) is 1. The van der Waals surface area contributed by atoms with Gasteiger partial charge in [0.2, 0.25) is 21.9 Å². The van der Waals surface area contributed by atoms with Crippen LogP contribution in [0.15, 0.2) is 34.5 Å². The summed E-state index contributed by atoms with van der Waals surface area (Å²) in [6, 6.07) is 1.80. The van der Waals surface area contributed by atoms with Gasteiger partial charge in [-0.25, -0.2) is 23.4 Å².